The molecule has 0 bridgehead atoms. The number of aromatic nitrogens is 3. The molecule has 0 fully saturated rings. The van der Waals surface area contributed by atoms with Crippen LogP contribution in [-0.4, -0.2) is 21.6 Å². The molecule has 1 unspecified atom stereocenters. The maximum absolute atomic E-state index is 4.50. The highest BCUT2D eigenvalue weighted by Gasteiger charge is 2.07. The van der Waals surface area contributed by atoms with Crippen LogP contribution in [0.4, 0.5) is 0 Å². The first-order valence-corrected chi connectivity index (χ1v) is 6.42. The fourth-order valence-electron chi connectivity index (χ4n) is 1.92. The molecule has 2 aromatic heterocycles. The molecule has 2 aromatic rings. The molecule has 0 radical (unpaired) electrons. The lowest BCUT2D eigenvalue weighted by Gasteiger charge is -2.11. The van der Waals surface area contributed by atoms with Gasteiger partial charge in [0.25, 0.3) is 0 Å². The monoisotopic (exact) mass is 244 g/mol. The van der Waals surface area contributed by atoms with Gasteiger partial charge in [0.15, 0.2) is 0 Å². The minimum Gasteiger partial charge on any atom is -0.312 e. The van der Waals surface area contributed by atoms with E-state index in [-0.39, 0.29) is 6.04 Å². The molecule has 0 aliphatic carbocycles. The van der Waals surface area contributed by atoms with Crippen molar-refractivity contribution in [1.82, 2.24) is 19.9 Å². The second kappa shape index (κ2) is 5.78. The Bertz CT molecular complexity index is 487. The summed E-state index contributed by atoms with van der Waals surface area (Å²) in [5.74, 6) is 1.09. The van der Waals surface area contributed by atoms with Gasteiger partial charge in [0.05, 0.1) is 17.6 Å². The SMILES string of the molecule is CCCc1nccn1-c1ccc(C(C)NC)nc1. The standard InChI is InChI=1S/C14H20N4/c1-4-5-14-16-8-9-18(14)12-6-7-13(17-10-12)11(2)15-3/h6-11,15H,4-5H2,1-3H3. The van der Waals surface area contributed by atoms with Crippen molar-refractivity contribution < 1.29 is 0 Å². The van der Waals surface area contributed by atoms with Crippen LogP contribution in [0.3, 0.4) is 0 Å². The Kier molecular flexibility index (Phi) is 4.10. The van der Waals surface area contributed by atoms with E-state index in [1.54, 1.807) is 0 Å². The molecular weight excluding hydrogens is 224 g/mol. The van der Waals surface area contributed by atoms with Gasteiger partial charge in [-0.1, -0.05) is 6.92 Å². The van der Waals surface area contributed by atoms with Gasteiger partial charge in [0, 0.05) is 24.9 Å². The van der Waals surface area contributed by atoms with E-state index in [0.29, 0.717) is 0 Å². The fourth-order valence-corrected chi connectivity index (χ4v) is 1.92. The number of hydrogen-bond acceptors (Lipinski definition) is 3. The largest absolute Gasteiger partial charge is 0.312 e. The number of imidazole rings is 1. The number of nitrogens with zero attached hydrogens (tertiary/aromatic N) is 3. The molecule has 4 heteroatoms. The van der Waals surface area contributed by atoms with Crippen LogP contribution in [0.2, 0.25) is 0 Å². The molecule has 2 heterocycles. The first kappa shape index (κ1) is 12.8. The van der Waals surface area contributed by atoms with E-state index in [2.05, 4.69) is 45.8 Å². The van der Waals surface area contributed by atoms with Crippen LogP contribution in [-0.2, 0) is 6.42 Å². The summed E-state index contributed by atoms with van der Waals surface area (Å²) < 4.78 is 2.10. The van der Waals surface area contributed by atoms with Crippen molar-refractivity contribution in [2.45, 2.75) is 32.7 Å². The maximum Gasteiger partial charge on any atom is 0.113 e. The van der Waals surface area contributed by atoms with Crippen molar-refractivity contribution in [3.05, 3.63) is 42.2 Å². The molecule has 1 atom stereocenters. The molecule has 1 N–H and O–H groups in total. The molecule has 0 aliphatic heterocycles. The summed E-state index contributed by atoms with van der Waals surface area (Å²) >= 11 is 0. The smallest absolute Gasteiger partial charge is 0.113 e. The van der Waals surface area contributed by atoms with Crippen LogP contribution < -0.4 is 5.32 Å². The average Bonchev–Trinajstić information content (AvgIpc) is 2.87. The van der Waals surface area contributed by atoms with Crippen molar-refractivity contribution in [3.63, 3.8) is 0 Å². The number of aryl methyl sites for hydroxylation is 1. The molecule has 18 heavy (non-hydrogen) atoms. The third kappa shape index (κ3) is 2.59. The van der Waals surface area contributed by atoms with Crippen LogP contribution in [0, 0.1) is 0 Å². The second-order valence-corrected chi connectivity index (χ2v) is 4.42. The molecule has 0 aliphatic rings. The van der Waals surface area contributed by atoms with E-state index in [4.69, 9.17) is 0 Å². The third-order valence-corrected chi connectivity index (χ3v) is 3.12. The van der Waals surface area contributed by atoms with Crippen molar-refractivity contribution in [3.8, 4) is 5.69 Å². The normalized spacial score (nSPS) is 12.6. The van der Waals surface area contributed by atoms with Gasteiger partial charge in [-0.2, -0.15) is 0 Å². The molecule has 2 rings (SSSR count). The van der Waals surface area contributed by atoms with E-state index >= 15 is 0 Å². The quantitative estimate of drug-likeness (QED) is 0.878. The van der Waals surface area contributed by atoms with Gasteiger partial charge in [0.1, 0.15) is 5.82 Å². The predicted molar refractivity (Wildman–Crippen MR) is 72.8 cm³/mol. The van der Waals surface area contributed by atoms with Gasteiger partial charge in [-0.05, 0) is 32.5 Å². The van der Waals surface area contributed by atoms with Gasteiger partial charge in [-0.25, -0.2) is 4.98 Å². The Hall–Kier alpha value is -1.68. The van der Waals surface area contributed by atoms with E-state index < -0.39 is 0 Å². The lowest BCUT2D eigenvalue weighted by Crippen LogP contribution is -2.13. The Balaban J connectivity index is 2.26. The molecule has 0 amide bonds. The van der Waals surface area contributed by atoms with E-state index in [1.807, 2.05) is 25.6 Å². The summed E-state index contributed by atoms with van der Waals surface area (Å²) in [5.41, 5.74) is 2.13. The maximum atomic E-state index is 4.50. The summed E-state index contributed by atoms with van der Waals surface area (Å²) in [7, 11) is 1.94. The van der Waals surface area contributed by atoms with Gasteiger partial charge >= 0.3 is 0 Å². The van der Waals surface area contributed by atoms with Crippen LogP contribution in [0.1, 0.15) is 37.8 Å². The van der Waals surface area contributed by atoms with Crippen molar-refractivity contribution in [2.75, 3.05) is 7.05 Å². The van der Waals surface area contributed by atoms with E-state index in [1.165, 1.54) is 0 Å². The highest BCUT2D eigenvalue weighted by atomic mass is 15.1. The first-order valence-electron chi connectivity index (χ1n) is 6.42. The van der Waals surface area contributed by atoms with Gasteiger partial charge in [-0.3, -0.25) is 4.98 Å². The van der Waals surface area contributed by atoms with Crippen LogP contribution in [0.5, 0.6) is 0 Å². The lowest BCUT2D eigenvalue weighted by molar-refractivity contribution is 0.632. The van der Waals surface area contributed by atoms with Gasteiger partial charge in [0.2, 0.25) is 0 Å². The minimum atomic E-state index is 0.275. The summed E-state index contributed by atoms with van der Waals surface area (Å²) in [6, 6.07) is 4.43. The van der Waals surface area contributed by atoms with E-state index in [9.17, 15) is 0 Å². The molecular formula is C14H20N4. The zero-order valence-electron chi connectivity index (χ0n) is 11.2. The number of pyridine rings is 1. The number of rotatable bonds is 5. The van der Waals surface area contributed by atoms with Crippen molar-refractivity contribution in [2.24, 2.45) is 0 Å². The Morgan fingerprint density at radius 3 is 2.78 bits per heavy atom. The molecule has 0 spiro atoms. The number of hydrogen-bond donors (Lipinski definition) is 1. The Labute approximate surface area is 108 Å². The Morgan fingerprint density at radius 1 is 1.33 bits per heavy atom. The van der Waals surface area contributed by atoms with Crippen molar-refractivity contribution >= 4 is 0 Å². The van der Waals surface area contributed by atoms with Crippen molar-refractivity contribution in [1.29, 1.82) is 0 Å². The average molecular weight is 244 g/mol. The Morgan fingerprint density at radius 2 is 2.17 bits per heavy atom. The van der Waals surface area contributed by atoms with Gasteiger partial charge < -0.3 is 9.88 Å². The molecule has 4 nitrogen and oxygen atoms in total. The van der Waals surface area contributed by atoms with Crippen LogP contribution >= 0.6 is 0 Å². The fraction of sp³-hybridized carbons (Fsp3) is 0.429. The summed E-state index contributed by atoms with van der Waals surface area (Å²) in [6.45, 7) is 4.26. The zero-order valence-corrected chi connectivity index (χ0v) is 11.2. The lowest BCUT2D eigenvalue weighted by atomic mass is 10.2. The summed E-state index contributed by atoms with van der Waals surface area (Å²) in [6.07, 6.45) is 7.82. The number of nitrogens with one attached hydrogen (secondary N) is 1. The molecule has 96 valence electrons. The summed E-state index contributed by atoms with van der Waals surface area (Å²) in [4.78, 5) is 8.87. The molecule has 0 aromatic carbocycles. The van der Waals surface area contributed by atoms with Gasteiger partial charge in [-0.15, -0.1) is 0 Å². The topological polar surface area (TPSA) is 42.7 Å². The first-order chi connectivity index (χ1) is 8.76. The van der Waals surface area contributed by atoms with E-state index in [0.717, 1.165) is 30.0 Å². The van der Waals surface area contributed by atoms with Crippen LogP contribution in [0.25, 0.3) is 5.69 Å². The molecule has 0 saturated carbocycles. The highest BCUT2D eigenvalue weighted by Crippen LogP contribution is 2.14. The van der Waals surface area contributed by atoms with Crippen LogP contribution in [0.15, 0.2) is 30.7 Å². The predicted octanol–water partition coefficient (Wildman–Crippen LogP) is 2.50. The summed E-state index contributed by atoms with van der Waals surface area (Å²) in [5, 5.41) is 3.19. The minimum absolute atomic E-state index is 0.275. The second-order valence-electron chi connectivity index (χ2n) is 4.42. The zero-order chi connectivity index (χ0) is 13.0. The molecule has 0 saturated heterocycles. The highest BCUT2D eigenvalue weighted by molar-refractivity contribution is 5.32. The third-order valence-electron chi connectivity index (χ3n) is 3.12.